The highest BCUT2D eigenvalue weighted by Gasteiger charge is 2.23. The third-order valence-electron chi connectivity index (χ3n) is 3.72. The van der Waals surface area contributed by atoms with Crippen molar-refractivity contribution < 1.29 is 14.3 Å². The van der Waals surface area contributed by atoms with Crippen LogP contribution in [0.25, 0.3) is 0 Å². The Morgan fingerprint density at radius 3 is 2.82 bits per heavy atom. The van der Waals surface area contributed by atoms with Gasteiger partial charge in [0.15, 0.2) is 0 Å². The standard InChI is InChI=1S/C16H22N2O3S/c1-11(15(17)19)22-14-6-4-3-5-13(14)16(20)18(2)9-12-7-8-21-10-12/h3-6,11-12H,7-10H2,1-2H3,(H2,17,19)/t11-,12-/m0/s1. The van der Waals surface area contributed by atoms with Crippen LogP contribution in [0.2, 0.25) is 0 Å². The number of rotatable bonds is 6. The van der Waals surface area contributed by atoms with Gasteiger partial charge in [-0.1, -0.05) is 12.1 Å². The predicted molar refractivity (Wildman–Crippen MR) is 86.8 cm³/mol. The largest absolute Gasteiger partial charge is 0.381 e. The monoisotopic (exact) mass is 322 g/mol. The Morgan fingerprint density at radius 2 is 2.18 bits per heavy atom. The van der Waals surface area contributed by atoms with Crippen molar-refractivity contribution in [3.05, 3.63) is 29.8 Å². The van der Waals surface area contributed by atoms with Crippen LogP contribution in [0.1, 0.15) is 23.7 Å². The van der Waals surface area contributed by atoms with Crippen molar-refractivity contribution in [1.82, 2.24) is 4.90 Å². The molecule has 22 heavy (non-hydrogen) atoms. The molecule has 0 bridgehead atoms. The number of nitrogens with two attached hydrogens (primary N) is 1. The second kappa shape index (κ2) is 7.65. The van der Waals surface area contributed by atoms with Crippen LogP contribution < -0.4 is 5.73 Å². The number of hydrogen-bond acceptors (Lipinski definition) is 4. The summed E-state index contributed by atoms with van der Waals surface area (Å²) >= 11 is 1.32. The Bertz CT molecular complexity index is 544. The molecule has 1 heterocycles. The Morgan fingerprint density at radius 1 is 1.45 bits per heavy atom. The van der Waals surface area contributed by atoms with E-state index in [0.29, 0.717) is 24.6 Å². The highest BCUT2D eigenvalue weighted by Crippen LogP contribution is 2.27. The van der Waals surface area contributed by atoms with Gasteiger partial charge in [0.1, 0.15) is 0 Å². The molecule has 1 saturated heterocycles. The Kier molecular flexibility index (Phi) is 5.85. The van der Waals surface area contributed by atoms with Crippen LogP contribution in [0.3, 0.4) is 0 Å². The second-order valence-electron chi connectivity index (χ2n) is 5.57. The Balaban J connectivity index is 2.09. The summed E-state index contributed by atoms with van der Waals surface area (Å²) in [6.07, 6.45) is 0.993. The third kappa shape index (κ3) is 4.24. The summed E-state index contributed by atoms with van der Waals surface area (Å²) in [6, 6.07) is 7.33. The zero-order chi connectivity index (χ0) is 16.1. The van der Waals surface area contributed by atoms with Gasteiger partial charge in [0, 0.05) is 31.0 Å². The molecule has 2 amide bonds. The maximum Gasteiger partial charge on any atom is 0.254 e. The van der Waals surface area contributed by atoms with Crippen LogP contribution in [0.15, 0.2) is 29.2 Å². The average molecular weight is 322 g/mol. The van der Waals surface area contributed by atoms with Gasteiger partial charge in [-0.05, 0) is 25.5 Å². The van der Waals surface area contributed by atoms with E-state index >= 15 is 0 Å². The molecule has 1 aliphatic rings. The summed E-state index contributed by atoms with van der Waals surface area (Å²) in [7, 11) is 1.81. The molecule has 0 spiro atoms. The number of carbonyl (C=O) groups is 2. The molecular formula is C16H22N2O3S. The van der Waals surface area contributed by atoms with Crippen LogP contribution in [-0.2, 0) is 9.53 Å². The molecule has 0 unspecified atom stereocenters. The van der Waals surface area contributed by atoms with Crippen molar-refractivity contribution in [2.75, 3.05) is 26.8 Å². The van der Waals surface area contributed by atoms with Crippen LogP contribution >= 0.6 is 11.8 Å². The number of ether oxygens (including phenoxy) is 1. The molecular weight excluding hydrogens is 300 g/mol. The number of primary amides is 1. The van der Waals surface area contributed by atoms with E-state index in [1.165, 1.54) is 11.8 Å². The Hall–Kier alpha value is -1.53. The highest BCUT2D eigenvalue weighted by atomic mass is 32.2. The number of thioether (sulfide) groups is 1. The van der Waals surface area contributed by atoms with E-state index in [1.807, 2.05) is 18.2 Å². The van der Waals surface area contributed by atoms with E-state index in [2.05, 4.69) is 0 Å². The van der Waals surface area contributed by atoms with Gasteiger partial charge in [-0.2, -0.15) is 0 Å². The number of amides is 2. The van der Waals surface area contributed by atoms with Crippen molar-refractivity contribution in [3.8, 4) is 0 Å². The number of benzene rings is 1. The molecule has 2 atom stereocenters. The molecule has 0 aliphatic carbocycles. The van der Waals surface area contributed by atoms with E-state index in [1.54, 1.807) is 24.9 Å². The number of carbonyl (C=O) groups excluding carboxylic acids is 2. The second-order valence-corrected chi connectivity index (χ2v) is 6.96. The molecule has 2 N–H and O–H groups in total. The minimum atomic E-state index is -0.385. The van der Waals surface area contributed by atoms with Gasteiger partial charge in [0.2, 0.25) is 5.91 Å². The smallest absolute Gasteiger partial charge is 0.254 e. The van der Waals surface area contributed by atoms with Crippen molar-refractivity contribution in [2.24, 2.45) is 11.7 Å². The van der Waals surface area contributed by atoms with E-state index < -0.39 is 0 Å². The predicted octanol–water partition coefficient (Wildman–Crippen LogP) is 1.76. The van der Waals surface area contributed by atoms with Gasteiger partial charge in [-0.25, -0.2) is 0 Å². The first kappa shape index (κ1) is 16.8. The fraction of sp³-hybridized carbons (Fsp3) is 0.500. The summed E-state index contributed by atoms with van der Waals surface area (Å²) in [5.74, 6) is -0.0197. The average Bonchev–Trinajstić information content (AvgIpc) is 2.99. The summed E-state index contributed by atoms with van der Waals surface area (Å²) in [6.45, 7) is 3.92. The van der Waals surface area contributed by atoms with Crippen LogP contribution in [-0.4, -0.2) is 48.8 Å². The number of hydrogen-bond donors (Lipinski definition) is 1. The fourth-order valence-corrected chi connectivity index (χ4v) is 3.33. The molecule has 1 aliphatic heterocycles. The maximum atomic E-state index is 12.7. The molecule has 6 heteroatoms. The lowest BCUT2D eigenvalue weighted by Crippen LogP contribution is -2.32. The minimum absolute atomic E-state index is 0.0355. The van der Waals surface area contributed by atoms with Crippen molar-refractivity contribution >= 4 is 23.6 Å². The van der Waals surface area contributed by atoms with Gasteiger partial charge < -0.3 is 15.4 Å². The van der Waals surface area contributed by atoms with Gasteiger partial charge >= 0.3 is 0 Å². The van der Waals surface area contributed by atoms with Gasteiger partial charge in [-0.3, -0.25) is 9.59 Å². The lowest BCUT2D eigenvalue weighted by atomic mass is 10.1. The summed E-state index contributed by atoms with van der Waals surface area (Å²) in [5.41, 5.74) is 5.92. The lowest BCUT2D eigenvalue weighted by molar-refractivity contribution is -0.117. The molecule has 0 saturated carbocycles. The van der Waals surface area contributed by atoms with E-state index in [0.717, 1.165) is 17.9 Å². The third-order valence-corrected chi connectivity index (χ3v) is 4.92. The zero-order valence-electron chi connectivity index (χ0n) is 13.0. The first-order chi connectivity index (χ1) is 10.5. The Labute approximate surface area is 135 Å². The number of nitrogens with zero attached hydrogens (tertiary/aromatic N) is 1. The van der Waals surface area contributed by atoms with Crippen LogP contribution in [0.5, 0.6) is 0 Å². The summed E-state index contributed by atoms with van der Waals surface area (Å²) < 4.78 is 5.35. The topological polar surface area (TPSA) is 72.6 Å². The first-order valence-electron chi connectivity index (χ1n) is 7.37. The van der Waals surface area contributed by atoms with E-state index in [-0.39, 0.29) is 17.1 Å². The van der Waals surface area contributed by atoms with Crippen molar-refractivity contribution in [2.45, 2.75) is 23.5 Å². The molecule has 1 aromatic carbocycles. The van der Waals surface area contributed by atoms with E-state index in [4.69, 9.17) is 10.5 Å². The summed E-state index contributed by atoms with van der Waals surface area (Å²) in [4.78, 5) is 26.4. The molecule has 5 nitrogen and oxygen atoms in total. The molecule has 1 fully saturated rings. The van der Waals surface area contributed by atoms with E-state index in [9.17, 15) is 9.59 Å². The zero-order valence-corrected chi connectivity index (χ0v) is 13.8. The first-order valence-corrected chi connectivity index (χ1v) is 8.25. The van der Waals surface area contributed by atoms with Gasteiger partial charge in [0.25, 0.3) is 5.91 Å². The maximum absolute atomic E-state index is 12.7. The highest BCUT2D eigenvalue weighted by molar-refractivity contribution is 8.00. The quantitative estimate of drug-likeness (QED) is 0.810. The van der Waals surface area contributed by atoms with Crippen molar-refractivity contribution in [3.63, 3.8) is 0 Å². The molecule has 0 radical (unpaired) electrons. The summed E-state index contributed by atoms with van der Waals surface area (Å²) in [5, 5.41) is -0.373. The van der Waals surface area contributed by atoms with Crippen molar-refractivity contribution in [1.29, 1.82) is 0 Å². The molecule has 0 aromatic heterocycles. The molecule has 1 aromatic rings. The van der Waals surface area contributed by atoms with Gasteiger partial charge in [0.05, 0.1) is 17.4 Å². The van der Waals surface area contributed by atoms with Crippen LogP contribution in [0, 0.1) is 5.92 Å². The molecule has 120 valence electrons. The molecule has 2 rings (SSSR count). The SMILES string of the molecule is C[C@H](Sc1ccccc1C(=O)N(C)C[C@@H]1CCOC1)C(N)=O. The fourth-order valence-electron chi connectivity index (χ4n) is 2.40. The minimum Gasteiger partial charge on any atom is -0.381 e. The van der Waals surface area contributed by atoms with Crippen LogP contribution in [0.4, 0.5) is 0 Å². The van der Waals surface area contributed by atoms with Gasteiger partial charge in [-0.15, -0.1) is 11.8 Å². The normalized spacial score (nSPS) is 18.9. The lowest BCUT2D eigenvalue weighted by Gasteiger charge is -2.22.